The van der Waals surface area contributed by atoms with Gasteiger partial charge in [0.2, 0.25) is 0 Å². The van der Waals surface area contributed by atoms with Crippen LogP contribution in [0.3, 0.4) is 0 Å². The first-order valence-electron chi connectivity index (χ1n) is 6.50. The zero-order valence-corrected chi connectivity index (χ0v) is 11.5. The lowest BCUT2D eigenvalue weighted by atomic mass is 10.2. The van der Waals surface area contributed by atoms with Crippen molar-refractivity contribution in [2.75, 3.05) is 20.2 Å². The summed E-state index contributed by atoms with van der Waals surface area (Å²) in [5.74, 6) is -0.577. The van der Waals surface area contributed by atoms with Gasteiger partial charge in [0.15, 0.2) is 18.2 Å². The summed E-state index contributed by atoms with van der Waals surface area (Å²) in [5, 5.41) is 5.65. The number of unbranched alkanes of at least 4 members (excludes halogenated alkanes) is 1. The van der Waals surface area contributed by atoms with Crippen LogP contribution in [-0.2, 0) is 11.3 Å². The van der Waals surface area contributed by atoms with Gasteiger partial charge >= 0.3 is 0 Å². The molecule has 0 aliphatic heterocycles. The lowest BCUT2D eigenvalue weighted by molar-refractivity contribution is -0.123. The number of rotatable bonds is 8. The zero-order valence-electron chi connectivity index (χ0n) is 11.5. The number of ether oxygens (including phenoxy) is 1. The standard InChI is InChI=1S/C14H21FN2O2/c1-3-4-7-17-14(18)10-19-13-6-5-11(9-16-2)8-12(13)15/h5-6,8,16H,3-4,7,9-10H2,1-2H3,(H,17,18). The average molecular weight is 268 g/mol. The van der Waals surface area contributed by atoms with Crippen LogP contribution in [-0.4, -0.2) is 26.1 Å². The fourth-order valence-electron chi connectivity index (χ4n) is 1.57. The molecule has 1 rings (SSSR count). The molecule has 0 heterocycles. The second kappa shape index (κ2) is 8.48. The minimum Gasteiger partial charge on any atom is -0.481 e. The summed E-state index contributed by atoms with van der Waals surface area (Å²) in [4.78, 5) is 11.4. The molecule has 1 aromatic carbocycles. The molecular formula is C14H21FN2O2. The molecule has 0 fully saturated rings. The van der Waals surface area contributed by atoms with Crippen LogP contribution >= 0.6 is 0 Å². The maximum absolute atomic E-state index is 13.6. The van der Waals surface area contributed by atoms with E-state index in [9.17, 15) is 9.18 Å². The van der Waals surface area contributed by atoms with Crippen LogP contribution in [0.2, 0.25) is 0 Å². The van der Waals surface area contributed by atoms with Gasteiger partial charge < -0.3 is 15.4 Å². The van der Waals surface area contributed by atoms with Gasteiger partial charge in [0, 0.05) is 13.1 Å². The first-order chi connectivity index (χ1) is 9.17. The van der Waals surface area contributed by atoms with E-state index in [1.807, 2.05) is 6.92 Å². The van der Waals surface area contributed by atoms with Crippen molar-refractivity contribution >= 4 is 5.91 Å². The van der Waals surface area contributed by atoms with Gasteiger partial charge in [-0.1, -0.05) is 19.4 Å². The number of halogens is 1. The van der Waals surface area contributed by atoms with Crippen LogP contribution in [0.1, 0.15) is 25.3 Å². The maximum atomic E-state index is 13.6. The highest BCUT2D eigenvalue weighted by molar-refractivity contribution is 5.77. The molecule has 0 saturated carbocycles. The van der Waals surface area contributed by atoms with Crippen LogP contribution in [0.15, 0.2) is 18.2 Å². The number of carbonyl (C=O) groups excluding carboxylic acids is 1. The van der Waals surface area contributed by atoms with E-state index in [0.29, 0.717) is 13.1 Å². The minimum atomic E-state index is -0.450. The molecule has 106 valence electrons. The summed E-state index contributed by atoms with van der Waals surface area (Å²) in [5.41, 5.74) is 0.833. The second-order valence-electron chi connectivity index (χ2n) is 4.29. The van der Waals surface area contributed by atoms with Crippen LogP contribution < -0.4 is 15.4 Å². The molecule has 0 aromatic heterocycles. The van der Waals surface area contributed by atoms with Crippen molar-refractivity contribution in [3.63, 3.8) is 0 Å². The van der Waals surface area contributed by atoms with E-state index < -0.39 is 5.82 Å². The molecular weight excluding hydrogens is 247 g/mol. The number of carbonyl (C=O) groups is 1. The van der Waals surface area contributed by atoms with Crippen molar-refractivity contribution < 1.29 is 13.9 Å². The summed E-state index contributed by atoms with van der Waals surface area (Å²) in [7, 11) is 1.79. The predicted octanol–water partition coefficient (Wildman–Crippen LogP) is 1.84. The van der Waals surface area contributed by atoms with Crippen molar-refractivity contribution in [2.45, 2.75) is 26.3 Å². The number of hydrogen-bond donors (Lipinski definition) is 2. The maximum Gasteiger partial charge on any atom is 0.257 e. The van der Waals surface area contributed by atoms with E-state index >= 15 is 0 Å². The third-order valence-electron chi connectivity index (χ3n) is 2.59. The van der Waals surface area contributed by atoms with Crippen molar-refractivity contribution in [2.24, 2.45) is 0 Å². The zero-order chi connectivity index (χ0) is 14.1. The first-order valence-corrected chi connectivity index (χ1v) is 6.50. The molecule has 0 atom stereocenters. The Morgan fingerprint density at radius 2 is 2.21 bits per heavy atom. The molecule has 0 radical (unpaired) electrons. The molecule has 0 unspecified atom stereocenters. The normalized spacial score (nSPS) is 10.3. The van der Waals surface area contributed by atoms with Gasteiger partial charge in [-0.25, -0.2) is 4.39 Å². The second-order valence-corrected chi connectivity index (χ2v) is 4.29. The molecule has 19 heavy (non-hydrogen) atoms. The first kappa shape index (κ1) is 15.4. The highest BCUT2D eigenvalue weighted by Gasteiger charge is 2.07. The third kappa shape index (κ3) is 5.70. The molecule has 0 saturated heterocycles. The monoisotopic (exact) mass is 268 g/mol. The van der Waals surface area contributed by atoms with Crippen LogP contribution in [0.25, 0.3) is 0 Å². The quantitative estimate of drug-likeness (QED) is 0.707. The molecule has 4 nitrogen and oxygen atoms in total. The lowest BCUT2D eigenvalue weighted by Crippen LogP contribution is -2.29. The fraction of sp³-hybridized carbons (Fsp3) is 0.500. The highest BCUT2D eigenvalue weighted by Crippen LogP contribution is 2.18. The van der Waals surface area contributed by atoms with Crippen LogP contribution in [0.4, 0.5) is 4.39 Å². The molecule has 0 spiro atoms. The average Bonchev–Trinajstić information content (AvgIpc) is 2.38. The summed E-state index contributed by atoms with van der Waals surface area (Å²) >= 11 is 0. The molecule has 1 amide bonds. The third-order valence-corrected chi connectivity index (χ3v) is 2.59. The van der Waals surface area contributed by atoms with Gasteiger partial charge in [-0.3, -0.25) is 4.79 Å². The summed E-state index contributed by atoms with van der Waals surface area (Å²) in [6.45, 7) is 3.10. The highest BCUT2D eigenvalue weighted by atomic mass is 19.1. The Balaban J connectivity index is 2.42. The van der Waals surface area contributed by atoms with E-state index in [0.717, 1.165) is 18.4 Å². The van der Waals surface area contributed by atoms with Crippen molar-refractivity contribution in [3.05, 3.63) is 29.6 Å². The van der Waals surface area contributed by atoms with Gasteiger partial charge in [-0.2, -0.15) is 0 Å². The number of hydrogen-bond acceptors (Lipinski definition) is 3. The van der Waals surface area contributed by atoms with Crippen molar-refractivity contribution in [3.8, 4) is 5.75 Å². The minimum absolute atomic E-state index is 0.102. The van der Waals surface area contributed by atoms with Gasteiger partial charge in [0.05, 0.1) is 0 Å². The Hall–Kier alpha value is -1.62. The van der Waals surface area contributed by atoms with Crippen LogP contribution in [0, 0.1) is 5.82 Å². The molecule has 2 N–H and O–H groups in total. The Morgan fingerprint density at radius 1 is 1.42 bits per heavy atom. The fourth-order valence-corrected chi connectivity index (χ4v) is 1.57. The smallest absolute Gasteiger partial charge is 0.257 e. The van der Waals surface area contributed by atoms with E-state index in [-0.39, 0.29) is 18.3 Å². The molecule has 1 aromatic rings. The van der Waals surface area contributed by atoms with Crippen LogP contribution in [0.5, 0.6) is 5.75 Å². The van der Waals surface area contributed by atoms with Gasteiger partial charge in [0.1, 0.15) is 0 Å². The Morgan fingerprint density at radius 3 is 2.84 bits per heavy atom. The predicted molar refractivity (Wildman–Crippen MR) is 72.6 cm³/mol. The van der Waals surface area contributed by atoms with Gasteiger partial charge in [-0.05, 0) is 31.2 Å². The SMILES string of the molecule is CCCCNC(=O)COc1ccc(CNC)cc1F. The van der Waals surface area contributed by atoms with Gasteiger partial charge in [-0.15, -0.1) is 0 Å². The lowest BCUT2D eigenvalue weighted by Gasteiger charge is -2.09. The van der Waals surface area contributed by atoms with Gasteiger partial charge in [0.25, 0.3) is 5.91 Å². The number of benzene rings is 1. The summed E-state index contributed by atoms with van der Waals surface area (Å²) in [6, 6.07) is 4.71. The molecule has 0 aliphatic rings. The van der Waals surface area contributed by atoms with E-state index in [1.165, 1.54) is 6.07 Å². The molecule has 5 heteroatoms. The largest absolute Gasteiger partial charge is 0.481 e. The molecule has 0 aliphatic carbocycles. The summed E-state index contributed by atoms with van der Waals surface area (Å²) < 4.78 is 18.8. The van der Waals surface area contributed by atoms with Crippen molar-refractivity contribution in [1.82, 2.24) is 10.6 Å². The Bertz CT molecular complexity index is 410. The molecule has 0 bridgehead atoms. The topological polar surface area (TPSA) is 50.4 Å². The Kier molecular flexibility index (Phi) is 6.89. The van der Waals surface area contributed by atoms with E-state index in [1.54, 1.807) is 19.2 Å². The summed E-state index contributed by atoms with van der Waals surface area (Å²) in [6.07, 6.45) is 1.95. The van der Waals surface area contributed by atoms with Crippen molar-refractivity contribution in [1.29, 1.82) is 0 Å². The van der Waals surface area contributed by atoms with E-state index in [4.69, 9.17) is 4.74 Å². The van der Waals surface area contributed by atoms with E-state index in [2.05, 4.69) is 10.6 Å². The number of nitrogens with one attached hydrogen (secondary N) is 2. The number of amides is 1. The Labute approximate surface area is 113 Å².